The Kier molecular flexibility index (Phi) is 40.7. The molecule has 374 valence electrons. The molecule has 1 fully saturated rings. The monoisotopic (exact) mass is 908 g/mol. The fourth-order valence-electron chi connectivity index (χ4n) is 7.95. The van der Waals surface area contributed by atoms with E-state index in [4.69, 9.17) is 14.2 Å². The molecular weight excluding hydrogens is 811 g/mol. The molecule has 11 heteroatoms. The van der Waals surface area contributed by atoms with Gasteiger partial charge in [0, 0.05) is 12.8 Å². The van der Waals surface area contributed by atoms with Gasteiger partial charge in [0.2, 0.25) is 5.91 Å². The van der Waals surface area contributed by atoms with Gasteiger partial charge in [0.25, 0.3) is 0 Å². The number of amides is 1. The van der Waals surface area contributed by atoms with Gasteiger partial charge in [-0.05, 0) is 83.5 Å². The fourth-order valence-corrected chi connectivity index (χ4v) is 7.95. The van der Waals surface area contributed by atoms with Crippen LogP contribution in [-0.4, -0.2) is 100 Å². The van der Waals surface area contributed by atoms with Crippen molar-refractivity contribution in [2.24, 2.45) is 0 Å². The Morgan fingerprint density at radius 2 is 1.00 bits per heavy atom. The fraction of sp³-hybridized carbons (Fsp3) is 0.849. The van der Waals surface area contributed by atoms with Crippen molar-refractivity contribution in [1.29, 1.82) is 0 Å². The molecular formula is C53H97NO10. The van der Waals surface area contributed by atoms with Gasteiger partial charge in [-0.3, -0.25) is 9.59 Å². The van der Waals surface area contributed by atoms with Crippen molar-refractivity contribution in [3.63, 3.8) is 0 Å². The minimum Gasteiger partial charge on any atom is -0.466 e. The molecule has 0 aliphatic carbocycles. The van der Waals surface area contributed by atoms with E-state index in [-0.39, 0.29) is 18.5 Å². The number of nitrogens with one attached hydrogen (secondary N) is 1. The van der Waals surface area contributed by atoms with E-state index < -0.39 is 49.5 Å². The number of carbonyl (C=O) groups is 2. The van der Waals surface area contributed by atoms with Gasteiger partial charge in [0.15, 0.2) is 6.29 Å². The standard InChI is InChI=1S/C53H97NO10/c1-3-5-7-9-11-13-14-15-18-21-25-29-33-37-41-49(58)62-42-38-34-30-26-22-19-16-17-20-24-28-32-36-40-48(57)54-45(46(56)39-35-31-27-23-12-10-8-6-4-2)44-63-53-52(61)51(60)50(59)47(43-55)64-53/h14-15,17,20,35,39,45-47,50-53,55-56,59-61H,3-13,16,18-19,21-34,36-38,40-44H2,1-2H3,(H,54,57)/b15-14-,20-17-,39-35+. The predicted molar refractivity (Wildman–Crippen MR) is 260 cm³/mol. The van der Waals surface area contributed by atoms with E-state index in [9.17, 15) is 35.1 Å². The number of carbonyl (C=O) groups excluding carboxylic acids is 2. The van der Waals surface area contributed by atoms with Gasteiger partial charge in [-0.25, -0.2) is 0 Å². The molecule has 0 aromatic rings. The Morgan fingerprint density at radius 1 is 0.562 bits per heavy atom. The Balaban J connectivity index is 2.14. The highest BCUT2D eigenvalue weighted by atomic mass is 16.7. The maximum Gasteiger partial charge on any atom is 0.305 e. The lowest BCUT2D eigenvalue weighted by Crippen LogP contribution is -2.60. The summed E-state index contributed by atoms with van der Waals surface area (Å²) in [5.74, 6) is -0.260. The van der Waals surface area contributed by atoms with E-state index in [1.54, 1.807) is 6.08 Å². The van der Waals surface area contributed by atoms with Gasteiger partial charge in [-0.1, -0.05) is 166 Å². The van der Waals surface area contributed by atoms with Crippen LogP contribution in [0.2, 0.25) is 0 Å². The zero-order valence-electron chi connectivity index (χ0n) is 40.7. The summed E-state index contributed by atoms with van der Waals surface area (Å²) in [7, 11) is 0. The number of hydrogen-bond acceptors (Lipinski definition) is 10. The largest absolute Gasteiger partial charge is 0.466 e. The molecule has 6 N–H and O–H groups in total. The number of allylic oxidation sites excluding steroid dienone is 5. The van der Waals surface area contributed by atoms with E-state index in [0.29, 0.717) is 25.9 Å². The van der Waals surface area contributed by atoms with E-state index in [2.05, 4.69) is 43.5 Å². The summed E-state index contributed by atoms with van der Waals surface area (Å²) in [5, 5.41) is 54.1. The van der Waals surface area contributed by atoms with Crippen LogP contribution in [0, 0.1) is 0 Å². The number of ether oxygens (including phenoxy) is 3. The second kappa shape index (κ2) is 43.5. The Labute approximate surface area is 390 Å². The summed E-state index contributed by atoms with van der Waals surface area (Å²) in [4.78, 5) is 25.0. The Hall–Kier alpha value is -2.12. The summed E-state index contributed by atoms with van der Waals surface area (Å²) in [6.07, 6.45) is 40.9. The number of aliphatic hydroxyl groups excluding tert-OH is 5. The van der Waals surface area contributed by atoms with Crippen LogP contribution in [0.1, 0.15) is 226 Å². The van der Waals surface area contributed by atoms with Gasteiger partial charge in [0.1, 0.15) is 24.4 Å². The number of unbranched alkanes of at least 4 members (excludes halogenated alkanes) is 26. The first kappa shape index (κ1) is 59.9. The lowest BCUT2D eigenvalue weighted by molar-refractivity contribution is -0.302. The van der Waals surface area contributed by atoms with E-state index >= 15 is 0 Å². The molecule has 1 saturated heterocycles. The quantitative estimate of drug-likeness (QED) is 0.0196. The molecule has 1 rings (SSSR count). The van der Waals surface area contributed by atoms with Crippen molar-refractivity contribution in [1.82, 2.24) is 5.32 Å². The number of rotatable bonds is 44. The summed E-state index contributed by atoms with van der Waals surface area (Å²) in [6, 6.07) is -0.829. The third kappa shape index (κ3) is 33.4. The zero-order chi connectivity index (χ0) is 46.7. The molecule has 7 unspecified atom stereocenters. The molecule has 1 heterocycles. The topological polar surface area (TPSA) is 175 Å². The SMILES string of the molecule is CCCCCCC/C=C\CCCCCCCC(=O)OCCCCCCCC/C=C\CCCCCC(=O)NC(COC1OC(CO)C(O)C(O)C1O)C(O)/C=C/CCCCCCCCC. The molecule has 1 amide bonds. The molecule has 1 aliphatic rings. The van der Waals surface area contributed by atoms with Crippen LogP contribution in [0.4, 0.5) is 0 Å². The third-order valence-electron chi connectivity index (χ3n) is 12.2. The first-order valence-electron chi connectivity index (χ1n) is 26.3. The second-order valence-corrected chi connectivity index (χ2v) is 18.2. The summed E-state index contributed by atoms with van der Waals surface area (Å²) in [6.45, 7) is 4.22. The third-order valence-corrected chi connectivity index (χ3v) is 12.2. The van der Waals surface area contributed by atoms with E-state index in [1.807, 2.05) is 6.08 Å². The van der Waals surface area contributed by atoms with Crippen molar-refractivity contribution in [3.8, 4) is 0 Å². The molecule has 0 spiro atoms. The first-order chi connectivity index (χ1) is 31.2. The van der Waals surface area contributed by atoms with Crippen LogP contribution >= 0.6 is 0 Å². The van der Waals surface area contributed by atoms with E-state index in [1.165, 1.54) is 122 Å². The summed E-state index contributed by atoms with van der Waals surface area (Å²) < 4.78 is 16.6. The molecule has 0 aromatic heterocycles. The molecule has 7 atom stereocenters. The predicted octanol–water partition coefficient (Wildman–Crippen LogP) is 10.8. The van der Waals surface area contributed by atoms with E-state index in [0.717, 1.165) is 70.6 Å². The summed E-state index contributed by atoms with van der Waals surface area (Å²) in [5.41, 5.74) is 0. The van der Waals surface area contributed by atoms with Gasteiger partial charge in [0.05, 0.1) is 32.0 Å². The molecule has 0 bridgehead atoms. The minimum atomic E-state index is -1.58. The van der Waals surface area contributed by atoms with Crippen LogP contribution in [0.3, 0.4) is 0 Å². The highest BCUT2D eigenvalue weighted by Crippen LogP contribution is 2.23. The molecule has 11 nitrogen and oxygen atoms in total. The van der Waals surface area contributed by atoms with Crippen molar-refractivity contribution in [2.45, 2.75) is 269 Å². The molecule has 0 aromatic carbocycles. The number of esters is 1. The number of hydrogen-bond donors (Lipinski definition) is 6. The lowest BCUT2D eigenvalue weighted by Gasteiger charge is -2.40. The average molecular weight is 908 g/mol. The van der Waals surface area contributed by atoms with Gasteiger partial charge in [-0.2, -0.15) is 0 Å². The van der Waals surface area contributed by atoms with Crippen LogP contribution < -0.4 is 5.32 Å². The van der Waals surface area contributed by atoms with Gasteiger partial charge >= 0.3 is 5.97 Å². The first-order valence-corrected chi connectivity index (χ1v) is 26.3. The lowest BCUT2D eigenvalue weighted by atomic mass is 9.99. The highest BCUT2D eigenvalue weighted by molar-refractivity contribution is 5.76. The molecule has 0 saturated carbocycles. The second-order valence-electron chi connectivity index (χ2n) is 18.2. The van der Waals surface area contributed by atoms with Crippen molar-refractivity contribution < 1.29 is 49.3 Å². The maximum atomic E-state index is 12.9. The average Bonchev–Trinajstić information content (AvgIpc) is 3.29. The zero-order valence-corrected chi connectivity index (χ0v) is 40.7. The number of aliphatic hydroxyl groups is 5. The van der Waals surface area contributed by atoms with Gasteiger partial charge in [-0.15, -0.1) is 0 Å². The van der Waals surface area contributed by atoms with Gasteiger partial charge < -0.3 is 45.1 Å². The van der Waals surface area contributed by atoms with Crippen molar-refractivity contribution in [3.05, 3.63) is 36.5 Å². The Morgan fingerprint density at radius 3 is 1.52 bits per heavy atom. The van der Waals surface area contributed by atoms with Crippen LogP contribution in [0.15, 0.2) is 36.5 Å². The van der Waals surface area contributed by atoms with Crippen LogP contribution in [0.5, 0.6) is 0 Å². The molecule has 64 heavy (non-hydrogen) atoms. The van der Waals surface area contributed by atoms with Crippen LogP contribution in [0.25, 0.3) is 0 Å². The summed E-state index contributed by atoms with van der Waals surface area (Å²) >= 11 is 0. The molecule has 1 aliphatic heterocycles. The van der Waals surface area contributed by atoms with Crippen molar-refractivity contribution >= 4 is 11.9 Å². The highest BCUT2D eigenvalue weighted by Gasteiger charge is 2.44. The maximum absolute atomic E-state index is 12.9. The smallest absolute Gasteiger partial charge is 0.305 e. The van der Waals surface area contributed by atoms with Crippen LogP contribution in [-0.2, 0) is 23.8 Å². The minimum absolute atomic E-state index is 0.0443. The Bertz CT molecular complexity index is 1160. The van der Waals surface area contributed by atoms with Crippen molar-refractivity contribution in [2.75, 3.05) is 19.8 Å². The normalized spacial score (nSPS) is 20.1. The molecule has 0 radical (unpaired) electrons.